The molecule has 0 aromatic heterocycles. The van der Waals surface area contributed by atoms with Crippen LogP contribution < -0.4 is 27.4 Å². The van der Waals surface area contributed by atoms with Gasteiger partial charge in [0.1, 0.15) is 11.9 Å². The Morgan fingerprint density at radius 1 is 1.15 bits per heavy atom. The number of carbonyl (C=O) groups excluding carboxylic acids is 2. The Bertz CT molecular complexity index is 588. The molecule has 1 aromatic carbocycles. The normalized spacial score (nSPS) is 11.6. The summed E-state index contributed by atoms with van der Waals surface area (Å²) in [5.41, 5.74) is 12.3. The second kappa shape index (κ2) is 12.0. The number of benzene rings is 1. The van der Waals surface area contributed by atoms with E-state index in [2.05, 4.69) is 16.0 Å². The molecule has 0 bridgehead atoms. The van der Waals surface area contributed by atoms with Crippen molar-refractivity contribution in [3.8, 4) is 0 Å². The van der Waals surface area contributed by atoms with Crippen LogP contribution in [0.5, 0.6) is 0 Å². The zero-order valence-electron chi connectivity index (χ0n) is 15.3. The molecule has 0 spiro atoms. The lowest BCUT2D eigenvalue weighted by molar-refractivity contribution is -0.128. The summed E-state index contributed by atoms with van der Waals surface area (Å²) in [5.74, 6) is -0.459. The van der Waals surface area contributed by atoms with E-state index >= 15 is 0 Å². The van der Waals surface area contributed by atoms with Gasteiger partial charge < -0.3 is 27.4 Å². The van der Waals surface area contributed by atoms with Gasteiger partial charge in [0.15, 0.2) is 0 Å². The summed E-state index contributed by atoms with van der Waals surface area (Å²) in [5, 5.41) is 15.8. The maximum absolute atomic E-state index is 12.1. The summed E-state index contributed by atoms with van der Waals surface area (Å²) in [4.78, 5) is 23.9. The monoisotopic (exact) mass is 362 g/mol. The minimum absolute atomic E-state index is 0.00455. The fourth-order valence-corrected chi connectivity index (χ4v) is 2.28. The second-order valence-corrected chi connectivity index (χ2v) is 6.14. The summed E-state index contributed by atoms with van der Waals surface area (Å²) in [6.45, 7) is 3.62. The van der Waals surface area contributed by atoms with Gasteiger partial charge in [0.25, 0.3) is 0 Å². The molecule has 0 saturated carbocycles. The predicted octanol–water partition coefficient (Wildman–Crippen LogP) is -0.190. The molecule has 0 aliphatic heterocycles. The van der Waals surface area contributed by atoms with Crippen LogP contribution in [0.4, 0.5) is 0 Å². The van der Waals surface area contributed by atoms with Crippen molar-refractivity contribution in [2.24, 2.45) is 11.5 Å². The summed E-state index contributed by atoms with van der Waals surface area (Å²) >= 11 is 0. The average Bonchev–Trinajstić information content (AvgIpc) is 2.62. The van der Waals surface area contributed by atoms with Crippen LogP contribution in [-0.4, -0.2) is 43.3 Å². The van der Waals surface area contributed by atoms with Crippen molar-refractivity contribution in [1.82, 2.24) is 16.0 Å². The Morgan fingerprint density at radius 2 is 1.85 bits per heavy atom. The van der Waals surface area contributed by atoms with Crippen LogP contribution in [0.2, 0.25) is 0 Å². The van der Waals surface area contributed by atoms with E-state index < -0.39 is 6.04 Å². The van der Waals surface area contributed by atoms with Crippen molar-refractivity contribution in [1.29, 1.82) is 5.41 Å². The fraction of sp³-hybridized carbons (Fsp3) is 0.500. The molecule has 8 nitrogen and oxygen atoms in total. The van der Waals surface area contributed by atoms with Crippen LogP contribution in [0.25, 0.3) is 0 Å². The molecule has 0 heterocycles. The minimum atomic E-state index is -0.613. The summed E-state index contributed by atoms with van der Waals surface area (Å²) in [6, 6.07) is 6.45. The molecular formula is C18H30N6O2. The van der Waals surface area contributed by atoms with Crippen molar-refractivity contribution < 1.29 is 9.59 Å². The molecule has 1 atom stereocenters. The third-order valence-corrected chi connectivity index (χ3v) is 3.85. The van der Waals surface area contributed by atoms with E-state index in [9.17, 15) is 9.59 Å². The smallest absolute Gasteiger partial charge is 0.242 e. The lowest BCUT2D eigenvalue weighted by Gasteiger charge is -2.14. The fourth-order valence-electron chi connectivity index (χ4n) is 2.28. The maximum atomic E-state index is 12.1. The highest BCUT2D eigenvalue weighted by atomic mass is 16.2. The number of hydrogen-bond acceptors (Lipinski definition) is 5. The molecule has 0 fully saturated rings. The van der Waals surface area contributed by atoms with E-state index in [0.717, 1.165) is 31.4 Å². The second-order valence-electron chi connectivity index (χ2n) is 6.14. The third-order valence-electron chi connectivity index (χ3n) is 3.85. The largest absolute Gasteiger partial charge is 0.384 e. The molecule has 0 radical (unpaired) electrons. The van der Waals surface area contributed by atoms with Crippen LogP contribution in [-0.2, 0) is 16.1 Å². The Balaban J connectivity index is 2.25. The van der Waals surface area contributed by atoms with Crippen LogP contribution in [0, 0.1) is 5.41 Å². The van der Waals surface area contributed by atoms with Crippen molar-refractivity contribution in [2.45, 2.75) is 38.8 Å². The Kier molecular flexibility index (Phi) is 9.96. The third kappa shape index (κ3) is 8.59. The number of rotatable bonds is 12. The van der Waals surface area contributed by atoms with Crippen LogP contribution in [0.15, 0.2) is 24.3 Å². The summed E-state index contributed by atoms with van der Waals surface area (Å²) in [7, 11) is 0. The molecule has 0 aliphatic carbocycles. The first-order chi connectivity index (χ1) is 12.4. The molecule has 1 rings (SSSR count). The molecule has 1 unspecified atom stereocenters. The van der Waals surface area contributed by atoms with E-state index in [1.165, 1.54) is 0 Å². The highest BCUT2D eigenvalue weighted by Crippen LogP contribution is 2.03. The molecule has 26 heavy (non-hydrogen) atoms. The van der Waals surface area contributed by atoms with E-state index in [4.69, 9.17) is 16.9 Å². The number of carbonyl (C=O) groups is 2. The highest BCUT2D eigenvalue weighted by Gasteiger charge is 2.14. The first-order valence-corrected chi connectivity index (χ1v) is 8.85. The first-order valence-electron chi connectivity index (χ1n) is 8.85. The summed E-state index contributed by atoms with van der Waals surface area (Å²) in [6.07, 6.45) is 3.00. The van der Waals surface area contributed by atoms with E-state index in [-0.39, 0.29) is 24.2 Å². The Labute approximate surface area is 154 Å². The zero-order valence-corrected chi connectivity index (χ0v) is 15.3. The van der Waals surface area contributed by atoms with Gasteiger partial charge in [0.2, 0.25) is 11.8 Å². The molecular weight excluding hydrogens is 332 g/mol. The number of amidine groups is 1. The molecule has 0 saturated heterocycles. The number of nitrogens with one attached hydrogen (secondary N) is 4. The lowest BCUT2D eigenvalue weighted by Crippen LogP contribution is -2.47. The SMILES string of the molecule is CC(NC(=O)CNCCCCCN)C(=O)NCc1ccc(C(=N)N)cc1. The Hall–Kier alpha value is -2.45. The Morgan fingerprint density at radius 3 is 2.46 bits per heavy atom. The van der Waals surface area contributed by atoms with Crippen LogP contribution in [0.3, 0.4) is 0 Å². The predicted molar refractivity (Wildman–Crippen MR) is 103 cm³/mol. The van der Waals surface area contributed by atoms with Gasteiger partial charge in [0.05, 0.1) is 6.54 Å². The van der Waals surface area contributed by atoms with Gasteiger partial charge in [-0.05, 0) is 38.4 Å². The molecule has 1 aromatic rings. The highest BCUT2D eigenvalue weighted by molar-refractivity contribution is 5.94. The standard InChI is InChI=1S/C18H30N6O2/c1-13(24-16(25)12-22-10-4-2-3-9-19)18(26)23-11-14-5-7-15(8-6-14)17(20)21/h5-8,13,22H,2-4,9-12,19H2,1H3,(H3,20,21)(H,23,26)(H,24,25). The van der Waals surface area contributed by atoms with E-state index in [1.54, 1.807) is 31.2 Å². The van der Waals surface area contributed by atoms with Crippen molar-refractivity contribution in [2.75, 3.05) is 19.6 Å². The topological polar surface area (TPSA) is 146 Å². The molecule has 8 heteroatoms. The van der Waals surface area contributed by atoms with Crippen LogP contribution >= 0.6 is 0 Å². The zero-order chi connectivity index (χ0) is 19.4. The minimum Gasteiger partial charge on any atom is -0.384 e. The quantitative estimate of drug-likeness (QED) is 0.173. The van der Waals surface area contributed by atoms with E-state index in [0.29, 0.717) is 18.7 Å². The van der Waals surface area contributed by atoms with E-state index in [1.807, 2.05) is 0 Å². The average molecular weight is 362 g/mol. The molecule has 2 amide bonds. The number of nitrogen functional groups attached to an aromatic ring is 1. The van der Waals surface area contributed by atoms with Gasteiger partial charge in [-0.2, -0.15) is 0 Å². The van der Waals surface area contributed by atoms with Gasteiger partial charge in [0, 0.05) is 12.1 Å². The number of nitrogens with two attached hydrogens (primary N) is 2. The van der Waals surface area contributed by atoms with Gasteiger partial charge in [-0.25, -0.2) is 0 Å². The van der Waals surface area contributed by atoms with Gasteiger partial charge in [-0.3, -0.25) is 15.0 Å². The number of hydrogen-bond donors (Lipinski definition) is 6. The lowest BCUT2D eigenvalue weighted by atomic mass is 10.1. The molecule has 8 N–H and O–H groups in total. The number of amides is 2. The van der Waals surface area contributed by atoms with Gasteiger partial charge >= 0.3 is 0 Å². The van der Waals surface area contributed by atoms with Crippen molar-refractivity contribution in [3.63, 3.8) is 0 Å². The first kappa shape index (κ1) is 21.6. The van der Waals surface area contributed by atoms with Gasteiger partial charge in [-0.15, -0.1) is 0 Å². The number of unbranched alkanes of at least 4 members (excludes halogenated alkanes) is 2. The molecule has 144 valence electrons. The van der Waals surface area contributed by atoms with Gasteiger partial charge in [-0.1, -0.05) is 30.7 Å². The van der Waals surface area contributed by atoms with Crippen molar-refractivity contribution in [3.05, 3.63) is 35.4 Å². The summed E-state index contributed by atoms with van der Waals surface area (Å²) < 4.78 is 0. The maximum Gasteiger partial charge on any atom is 0.242 e. The van der Waals surface area contributed by atoms with Crippen LogP contribution in [0.1, 0.15) is 37.3 Å². The van der Waals surface area contributed by atoms with Crippen molar-refractivity contribution >= 4 is 17.6 Å². The molecule has 0 aliphatic rings.